The Hall–Kier alpha value is -4.58. The van der Waals surface area contributed by atoms with E-state index >= 15 is 0 Å². The van der Waals surface area contributed by atoms with Gasteiger partial charge in [-0.05, 0) is 61.8 Å². The number of aromatic nitrogens is 5. The molecule has 2 saturated carbocycles. The summed E-state index contributed by atoms with van der Waals surface area (Å²) < 4.78 is 12.4. The fraction of sp³-hybridized carbons (Fsp3) is 0.444. The van der Waals surface area contributed by atoms with E-state index in [4.69, 9.17) is 15.5 Å². The number of likely N-dealkylation sites (tertiary alicyclic amines) is 2. The molecule has 0 radical (unpaired) electrons. The fourth-order valence-corrected chi connectivity index (χ4v) is 8.64. The molecule has 11 nitrogen and oxygen atoms in total. The molecular weight excluding hydrogens is 603 g/mol. The van der Waals surface area contributed by atoms with Crippen LogP contribution in [0.2, 0.25) is 0 Å². The van der Waals surface area contributed by atoms with Crippen LogP contribution in [0.1, 0.15) is 46.4 Å². The Kier molecular flexibility index (Phi) is 6.60. The van der Waals surface area contributed by atoms with Crippen molar-refractivity contribution in [2.45, 2.75) is 50.3 Å². The van der Waals surface area contributed by atoms with Crippen molar-refractivity contribution in [2.75, 3.05) is 26.7 Å². The molecule has 2 aliphatic carbocycles. The topological polar surface area (TPSA) is 116 Å². The number of methoxy groups -OCH3 is 1. The lowest BCUT2D eigenvalue weighted by atomic mass is 9.71. The van der Waals surface area contributed by atoms with E-state index in [-0.39, 0.29) is 29.2 Å². The van der Waals surface area contributed by atoms with Gasteiger partial charge < -0.3 is 29.4 Å². The number of fused-ring (bicyclic) bond motifs is 4. The smallest absolute Gasteiger partial charge is 0.257 e. The van der Waals surface area contributed by atoms with Crippen molar-refractivity contribution >= 4 is 41.6 Å². The number of benzene rings is 2. The van der Waals surface area contributed by atoms with Crippen LogP contribution in [0, 0.1) is 17.8 Å². The molecule has 2 N–H and O–H groups in total. The number of hydrogen-bond acceptors (Lipinski definition) is 6. The van der Waals surface area contributed by atoms with E-state index in [0.29, 0.717) is 54.9 Å². The summed E-state index contributed by atoms with van der Waals surface area (Å²) in [7, 11) is 5.57. The minimum Gasteiger partial charge on any atom is -0.494 e. The molecule has 2 amide bonds. The highest BCUT2D eigenvalue weighted by Crippen LogP contribution is 2.44. The van der Waals surface area contributed by atoms with E-state index < -0.39 is 0 Å². The lowest BCUT2D eigenvalue weighted by molar-refractivity contribution is 0.0471. The number of carbonyl (C=O) groups excluding carboxylic acids is 2. The summed E-state index contributed by atoms with van der Waals surface area (Å²) in [5, 5.41) is 5.36. The Labute approximate surface area is 280 Å². The first kappa shape index (κ1) is 29.6. The molecule has 9 rings (SSSR count). The van der Waals surface area contributed by atoms with E-state index in [0.717, 1.165) is 41.9 Å². The highest BCUT2D eigenvalue weighted by Gasteiger charge is 2.54. The van der Waals surface area contributed by atoms with E-state index in [1.54, 1.807) is 24.2 Å². The number of nitrogens with zero attached hydrogens (tertiary/aromatic N) is 7. The predicted octanol–water partition coefficient (Wildman–Crippen LogP) is 3.10. The van der Waals surface area contributed by atoms with Gasteiger partial charge in [0.05, 0.1) is 30.1 Å². The number of aryl methyl sites for hydroxylation is 1. The van der Waals surface area contributed by atoms with Gasteiger partial charge in [-0.3, -0.25) is 14.3 Å². The summed E-state index contributed by atoms with van der Waals surface area (Å²) in [5.41, 5.74) is 11.4. The van der Waals surface area contributed by atoms with E-state index in [9.17, 15) is 9.59 Å². The molecule has 2 saturated heterocycles. The van der Waals surface area contributed by atoms with Crippen molar-refractivity contribution in [1.82, 2.24) is 33.7 Å². The van der Waals surface area contributed by atoms with Gasteiger partial charge in [0.2, 0.25) is 0 Å². The highest BCUT2D eigenvalue weighted by atomic mass is 16.5. The number of carbonyl (C=O) groups is 2. The third-order valence-corrected chi connectivity index (χ3v) is 11.5. The quantitative estimate of drug-likeness (QED) is 0.260. The Balaban J connectivity index is 1.12. The minimum atomic E-state index is -0.359. The highest BCUT2D eigenvalue weighted by molar-refractivity contribution is 6.17. The van der Waals surface area contributed by atoms with Gasteiger partial charge in [0.25, 0.3) is 11.8 Å². The molecule has 2 aliphatic heterocycles. The molecule has 5 aromatic rings. The standard InChI is InChI=1S/C36H41BN8O3/c1-41-19-25(14-39-41)34(46)42-15-22(16-42)18-45-32-27(40-33(45)29-12-23-5-3-4-6-28(23)43(29)17-21-7-8-21)11-24(13-30(32)48-2)35(47)44-20-26-9-10-31(44)36(26,37)38/h3-6,11-14,19,21-22,26,31H,7-10,15-18,20,37-38H2,1-2H3/t26?,31?,36-/m0/s1. The van der Waals surface area contributed by atoms with E-state index in [1.165, 1.54) is 23.7 Å². The first-order valence-corrected chi connectivity index (χ1v) is 17.2. The van der Waals surface area contributed by atoms with E-state index in [1.807, 2.05) is 29.0 Å². The summed E-state index contributed by atoms with van der Waals surface area (Å²) in [6.07, 6.45) is 7.88. The van der Waals surface area contributed by atoms with Crippen LogP contribution >= 0.6 is 0 Å². The Morgan fingerprint density at radius 1 is 0.979 bits per heavy atom. The van der Waals surface area contributed by atoms with Crippen molar-refractivity contribution in [3.8, 4) is 17.3 Å². The van der Waals surface area contributed by atoms with Crippen molar-refractivity contribution in [2.24, 2.45) is 30.5 Å². The molecule has 4 aliphatic rings. The zero-order valence-electron chi connectivity index (χ0n) is 27.8. The summed E-state index contributed by atoms with van der Waals surface area (Å²) >= 11 is 0. The number of piperidine rings is 1. The summed E-state index contributed by atoms with van der Waals surface area (Å²) in [5.74, 6) is 2.70. The van der Waals surface area contributed by atoms with Crippen molar-refractivity contribution in [3.63, 3.8) is 0 Å². The second-order valence-electron chi connectivity index (χ2n) is 14.8. The van der Waals surface area contributed by atoms with Crippen molar-refractivity contribution in [1.29, 1.82) is 0 Å². The second-order valence-corrected chi connectivity index (χ2v) is 14.8. The van der Waals surface area contributed by atoms with Gasteiger partial charge in [-0.25, -0.2) is 4.98 Å². The minimum absolute atomic E-state index is 0.00421. The number of imidazole rings is 1. The van der Waals surface area contributed by atoms with E-state index in [2.05, 4.69) is 52.4 Å². The average molecular weight is 645 g/mol. The van der Waals surface area contributed by atoms with Crippen LogP contribution in [0.25, 0.3) is 33.5 Å². The third-order valence-electron chi connectivity index (χ3n) is 11.5. The molecule has 3 aromatic heterocycles. The Morgan fingerprint density at radius 2 is 1.77 bits per heavy atom. The lowest BCUT2D eigenvalue weighted by Crippen LogP contribution is -2.52. The van der Waals surface area contributed by atoms with Crippen LogP contribution in [-0.4, -0.2) is 91.6 Å². The van der Waals surface area contributed by atoms with Gasteiger partial charge in [-0.1, -0.05) is 18.2 Å². The van der Waals surface area contributed by atoms with Crippen LogP contribution in [0.3, 0.4) is 0 Å². The monoisotopic (exact) mass is 644 g/mol. The normalized spacial score (nSPS) is 23.8. The molecule has 4 fully saturated rings. The maximum absolute atomic E-state index is 14.1. The second kappa shape index (κ2) is 10.7. The van der Waals surface area contributed by atoms with Gasteiger partial charge in [0.1, 0.15) is 19.1 Å². The molecular formula is C36H41BN8O3. The van der Waals surface area contributed by atoms with Crippen LogP contribution in [0.5, 0.6) is 5.75 Å². The SMILES string of the molecule is B[C@]1(N)C2CCC1N(C(=O)c1cc(OC)c3c(c1)nc(-c1cc4ccccc4n1CC1CC1)n3CC1CN(C(=O)c3cnn(C)c3)C1)C2. The first-order chi connectivity index (χ1) is 23.2. The lowest BCUT2D eigenvalue weighted by Gasteiger charge is -2.39. The van der Waals surface area contributed by atoms with Crippen LogP contribution in [-0.2, 0) is 20.1 Å². The molecule has 0 spiro atoms. The molecule has 246 valence electrons. The van der Waals surface area contributed by atoms with Gasteiger partial charge >= 0.3 is 0 Å². The maximum atomic E-state index is 14.1. The molecule has 2 unspecified atom stereocenters. The number of nitrogens with two attached hydrogens (primary N) is 1. The summed E-state index contributed by atoms with van der Waals surface area (Å²) in [6.45, 7) is 3.59. The predicted molar refractivity (Wildman–Crippen MR) is 186 cm³/mol. The van der Waals surface area contributed by atoms with Crippen molar-refractivity contribution < 1.29 is 14.3 Å². The molecule has 48 heavy (non-hydrogen) atoms. The Bertz CT molecular complexity index is 2100. The summed E-state index contributed by atoms with van der Waals surface area (Å²) in [4.78, 5) is 36.4. The van der Waals surface area contributed by atoms with Gasteiger partial charge in [-0.15, -0.1) is 0 Å². The molecule has 5 heterocycles. The number of para-hydroxylation sites is 1. The number of ether oxygens (including phenoxy) is 1. The van der Waals surface area contributed by atoms with Gasteiger partial charge in [0.15, 0.2) is 5.82 Å². The molecule has 3 atom stereocenters. The molecule has 2 aromatic carbocycles. The largest absolute Gasteiger partial charge is 0.494 e. The van der Waals surface area contributed by atoms with Crippen LogP contribution in [0.15, 0.2) is 54.9 Å². The number of rotatable bonds is 8. The third kappa shape index (κ3) is 4.59. The Morgan fingerprint density at radius 3 is 2.46 bits per heavy atom. The van der Waals surface area contributed by atoms with Gasteiger partial charge in [0, 0.05) is 79.8 Å². The molecule has 2 bridgehead atoms. The zero-order chi connectivity index (χ0) is 32.9. The molecule has 12 heteroatoms. The summed E-state index contributed by atoms with van der Waals surface area (Å²) in [6, 6.07) is 14.6. The van der Waals surface area contributed by atoms with Crippen LogP contribution in [0.4, 0.5) is 0 Å². The average Bonchev–Trinajstić information content (AvgIpc) is 3.29. The number of amides is 2. The first-order valence-electron chi connectivity index (χ1n) is 17.2. The number of hydrogen-bond donors (Lipinski definition) is 1. The maximum Gasteiger partial charge on any atom is 0.257 e. The fourth-order valence-electron chi connectivity index (χ4n) is 8.64. The van der Waals surface area contributed by atoms with Crippen LogP contribution < -0.4 is 10.5 Å². The van der Waals surface area contributed by atoms with Gasteiger partial charge in [-0.2, -0.15) is 5.10 Å². The zero-order valence-corrected chi connectivity index (χ0v) is 27.8. The van der Waals surface area contributed by atoms with Crippen molar-refractivity contribution in [3.05, 3.63) is 66.0 Å².